The number of carbonyl (C=O) groups is 1. The van der Waals surface area contributed by atoms with Crippen LogP contribution in [-0.4, -0.2) is 22.7 Å². The highest BCUT2D eigenvalue weighted by molar-refractivity contribution is 6.30. The van der Waals surface area contributed by atoms with E-state index in [0.29, 0.717) is 17.5 Å². The van der Waals surface area contributed by atoms with Gasteiger partial charge in [0.05, 0.1) is 5.02 Å². The minimum Gasteiger partial charge on any atom is -0.484 e. The maximum absolute atomic E-state index is 13.2. The van der Waals surface area contributed by atoms with Crippen LogP contribution in [0.15, 0.2) is 22.7 Å². The zero-order valence-electron chi connectivity index (χ0n) is 14.6. The first-order valence-electron chi connectivity index (χ1n) is 8.68. The number of aromatic nitrogens is 2. The summed E-state index contributed by atoms with van der Waals surface area (Å²) in [7, 11) is 0. The third kappa shape index (κ3) is 4.33. The Morgan fingerprint density at radius 1 is 1.35 bits per heavy atom. The molecule has 1 amide bonds. The van der Waals surface area contributed by atoms with E-state index in [-0.39, 0.29) is 17.5 Å². The Kier molecular flexibility index (Phi) is 5.76. The molecule has 1 fully saturated rings. The number of benzene rings is 1. The summed E-state index contributed by atoms with van der Waals surface area (Å²) < 4.78 is 23.8. The van der Waals surface area contributed by atoms with E-state index in [1.807, 2.05) is 0 Å². The summed E-state index contributed by atoms with van der Waals surface area (Å²) in [6, 6.07) is 3.97. The number of aryl methyl sites for hydroxylation is 1. The highest BCUT2D eigenvalue weighted by Gasteiger charge is 2.38. The van der Waals surface area contributed by atoms with E-state index in [1.165, 1.54) is 18.2 Å². The van der Waals surface area contributed by atoms with Crippen LogP contribution >= 0.6 is 11.6 Å². The van der Waals surface area contributed by atoms with Crippen LogP contribution < -0.4 is 10.1 Å². The second kappa shape index (κ2) is 8.03. The van der Waals surface area contributed by atoms with E-state index < -0.39 is 11.4 Å². The number of nitrogens with zero attached hydrogens (tertiary/aromatic N) is 2. The van der Waals surface area contributed by atoms with Crippen LogP contribution in [0.3, 0.4) is 0 Å². The van der Waals surface area contributed by atoms with Crippen molar-refractivity contribution in [2.45, 2.75) is 51.0 Å². The van der Waals surface area contributed by atoms with Crippen LogP contribution in [0, 0.1) is 12.7 Å². The van der Waals surface area contributed by atoms with Gasteiger partial charge in [-0.1, -0.05) is 42.4 Å². The topological polar surface area (TPSA) is 77.2 Å². The van der Waals surface area contributed by atoms with Crippen molar-refractivity contribution in [3.05, 3.63) is 40.8 Å². The van der Waals surface area contributed by atoms with Gasteiger partial charge in [-0.2, -0.15) is 4.98 Å². The highest BCUT2D eigenvalue weighted by Crippen LogP contribution is 2.34. The lowest BCUT2D eigenvalue weighted by Crippen LogP contribution is -2.48. The highest BCUT2D eigenvalue weighted by atomic mass is 35.5. The normalized spacial score (nSPS) is 16.7. The Morgan fingerprint density at radius 2 is 2.08 bits per heavy atom. The molecule has 6 nitrogen and oxygen atoms in total. The quantitative estimate of drug-likeness (QED) is 0.794. The molecule has 1 heterocycles. The number of amides is 1. The molecule has 1 aromatic heterocycles. The Labute approximate surface area is 156 Å². The zero-order chi connectivity index (χ0) is 18.6. The monoisotopic (exact) mass is 381 g/mol. The summed E-state index contributed by atoms with van der Waals surface area (Å²) in [6.45, 7) is 1.52. The van der Waals surface area contributed by atoms with Gasteiger partial charge in [-0.15, -0.1) is 0 Å². The molecule has 0 spiro atoms. The van der Waals surface area contributed by atoms with E-state index in [0.717, 1.165) is 38.5 Å². The van der Waals surface area contributed by atoms with E-state index in [1.54, 1.807) is 6.92 Å². The predicted molar refractivity (Wildman–Crippen MR) is 93.5 cm³/mol. The minimum atomic E-state index is -0.644. The summed E-state index contributed by atoms with van der Waals surface area (Å²) >= 11 is 5.72. The second-order valence-electron chi connectivity index (χ2n) is 6.55. The standard InChI is InChI=1S/C18H21ClFN3O3/c1-12-21-17(23-26-12)18(8-4-2-3-5-9-18)22-16(24)11-25-13-6-7-15(20)14(19)10-13/h6-7,10H,2-5,8-9,11H2,1H3,(H,22,24). The molecule has 1 aliphatic carbocycles. The van der Waals surface area contributed by atoms with Crippen LogP contribution in [0.2, 0.25) is 5.02 Å². The SMILES string of the molecule is Cc1nc(C2(NC(=O)COc3ccc(F)c(Cl)c3)CCCCCC2)no1. The predicted octanol–water partition coefficient (Wildman–Crippen LogP) is 3.92. The molecular weight excluding hydrogens is 361 g/mol. The summed E-state index contributed by atoms with van der Waals surface area (Å²) in [5, 5.41) is 7.04. The fourth-order valence-corrected chi connectivity index (χ4v) is 3.42. The molecule has 1 saturated carbocycles. The third-order valence-corrected chi connectivity index (χ3v) is 4.84. The van der Waals surface area contributed by atoms with Crippen LogP contribution in [0.25, 0.3) is 0 Å². The molecule has 0 unspecified atom stereocenters. The van der Waals surface area contributed by atoms with Gasteiger partial charge in [0.25, 0.3) is 5.91 Å². The van der Waals surface area contributed by atoms with E-state index in [9.17, 15) is 9.18 Å². The fraction of sp³-hybridized carbons (Fsp3) is 0.500. The van der Waals surface area contributed by atoms with Gasteiger partial charge >= 0.3 is 0 Å². The molecule has 0 radical (unpaired) electrons. The molecule has 1 aromatic carbocycles. The summed E-state index contributed by atoms with van der Waals surface area (Å²) in [5.74, 6) is 0.477. The smallest absolute Gasteiger partial charge is 0.258 e. The van der Waals surface area contributed by atoms with Gasteiger partial charge in [-0.3, -0.25) is 4.79 Å². The average molecular weight is 382 g/mol. The van der Waals surface area contributed by atoms with Crippen molar-refractivity contribution < 1.29 is 18.4 Å². The molecule has 0 atom stereocenters. The van der Waals surface area contributed by atoms with Gasteiger partial charge < -0.3 is 14.6 Å². The lowest BCUT2D eigenvalue weighted by Gasteiger charge is -2.30. The van der Waals surface area contributed by atoms with Crippen LogP contribution in [-0.2, 0) is 10.3 Å². The van der Waals surface area contributed by atoms with Gasteiger partial charge in [0.1, 0.15) is 17.1 Å². The van der Waals surface area contributed by atoms with E-state index >= 15 is 0 Å². The molecular formula is C18H21ClFN3O3. The van der Waals surface area contributed by atoms with Crippen molar-refractivity contribution in [1.29, 1.82) is 0 Å². The Hall–Kier alpha value is -2.15. The van der Waals surface area contributed by atoms with Crippen molar-refractivity contribution in [1.82, 2.24) is 15.5 Å². The zero-order valence-corrected chi connectivity index (χ0v) is 15.3. The number of halogens is 2. The van der Waals surface area contributed by atoms with Gasteiger partial charge in [-0.05, 0) is 25.0 Å². The van der Waals surface area contributed by atoms with Crippen molar-refractivity contribution in [3.63, 3.8) is 0 Å². The van der Waals surface area contributed by atoms with Gasteiger partial charge in [-0.25, -0.2) is 4.39 Å². The molecule has 1 N–H and O–H groups in total. The number of hydrogen-bond acceptors (Lipinski definition) is 5. The molecule has 2 aromatic rings. The van der Waals surface area contributed by atoms with Crippen molar-refractivity contribution >= 4 is 17.5 Å². The maximum atomic E-state index is 13.2. The number of ether oxygens (including phenoxy) is 1. The average Bonchev–Trinajstić information content (AvgIpc) is 2.92. The van der Waals surface area contributed by atoms with E-state index in [4.69, 9.17) is 20.9 Å². The third-order valence-electron chi connectivity index (χ3n) is 4.55. The van der Waals surface area contributed by atoms with Crippen molar-refractivity contribution in [2.75, 3.05) is 6.61 Å². The molecule has 26 heavy (non-hydrogen) atoms. The molecule has 1 aliphatic rings. The molecule has 0 aliphatic heterocycles. The Morgan fingerprint density at radius 3 is 2.69 bits per heavy atom. The first-order chi connectivity index (χ1) is 12.5. The fourth-order valence-electron chi connectivity index (χ4n) is 3.25. The van der Waals surface area contributed by atoms with Gasteiger partial charge in [0.2, 0.25) is 5.89 Å². The number of hydrogen-bond donors (Lipinski definition) is 1. The molecule has 0 saturated heterocycles. The van der Waals surface area contributed by atoms with Crippen molar-refractivity contribution in [2.24, 2.45) is 0 Å². The number of carbonyl (C=O) groups excluding carboxylic acids is 1. The Balaban J connectivity index is 1.69. The van der Waals surface area contributed by atoms with Crippen LogP contribution in [0.1, 0.15) is 50.2 Å². The molecule has 140 valence electrons. The van der Waals surface area contributed by atoms with Crippen LogP contribution in [0.5, 0.6) is 5.75 Å². The van der Waals surface area contributed by atoms with E-state index in [2.05, 4.69) is 15.5 Å². The lowest BCUT2D eigenvalue weighted by molar-refractivity contribution is -0.125. The summed E-state index contributed by atoms with van der Waals surface area (Å²) in [5.41, 5.74) is -0.644. The first-order valence-corrected chi connectivity index (χ1v) is 9.06. The number of rotatable bonds is 5. The van der Waals surface area contributed by atoms with Crippen LogP contribution in [0.4, 0.5) is 4.39 Å². The Bertz CT molecular complexity index is 773. The maximum Gasteiger partial charge on any atom is 0.258 e. The lowest BCUT2D eigenvalue weighted by atomic mass is 9.89. The number of nitrogens with one attached hydrogen (secondary N) is 1. The van der Waals surface area contributed by atoms with Crippen molar-refractivity contribution in [3.8, 4) is 5.75 Å². The minimum absolute atomic E-state index is 0.0505. The van der Waals surface area contributed by atoms with Gasteiger partial charge in [0, 0.05) is 13.0 Å². The molecule has 0 bridgehead atoms. The molecule has 3 rings (SSSR count). The van der Waals surface area contributed by atoms with Gasteiger partial charge in [0.15, 0.2) is 12.4 Å². The largest absolute Gasteiger partial charge is 0.484 e. The first kappa shape index (κ1) is 18.6. The summed E-state index contributed by atoms with van der Waals surface area (Å²) in [4.78, 5) is 16.9. The second-order valence-corrected chi connectivity index (χ2v) is 6.95. The molecule has 8 heteroatoms. The summed E-state index contributed by atoms with van der Waals surface area (Å²) in [6.07, 6.45) is 5.67.